The summed E-state index contributed by atoms with van der Waals surface area (Å²) >= 11 is 4.44. The van der Waals surface area contributed by atoms with Gasteiger partial charge in [0, 0.05) is 15.4 Å². The Bertz CT molecular complexity index is 700. The maximum Gasteiger partial charge on any atom is 0.336 e. The van der Waals surface area contributed by atoms with Crippen LogP contribution in [0.25, 0.3) is 0 Å². The molecule has 1 aromatic heterocycles. The number of aromatic nitrogens is 2. The van der Waals surface area contributed by atoms with Crippen LogP contribution in [0, 0.1) is 6.92 Å². The number of carbonyl (C=O) groups is 1. The first kappa shape index (κ1) is 13.8. The Morgan fingerprint density at radius 3 is 2.79 bits per heavy atom. The second-order valence-electron chi connectivity index (χ2n) is 3.72. The molecule has 0 aliphatic heterocycles. The number of carboxylic acid groups (broad SMARTS) is 1. The average Bonchev–Trinajstić information content (AvgIpc) is 2.26. The maximum atomic E-state index is 11.4. The molecule has 0 saturated heterocycles. The maximum absolute atomic E-state index is 11.4. The third-order valence-electron chi connectivity index (χ3n) is 2.23. The van der Waals surface area contributed by atoms with Gasteiger partial charge >= 0.3 is 5.97 Å². The fraction of sp³-hybridized carbons (Fsp3) is 0.0833. The molecule has 0 aliphatic carbocycles. The van der Waals surface area contributed by atoms with Crippen LogP contribution in [-0.2, 0) is 0 Å². The van der Waals surface area contributed by atoms with Crippen molar-refractivity contribution < 1.29 is 9.90 Å². The number of rotatable bonds is 3. The minimum Gasteiger partial charge on any atom is -0.478 e. The van der Waals surface area contributed by atoms with Gasteiger partial charge in [-0.2, -0.15) is 0 Å². The highest BCUT2D eigenvalue weighted by Gasteiger charge is 2.12. The molecule has 1 aromatic carbocycles. The van der Waals surface area contributed by atoms with E-state index in [1.54, 1.807) is 19.1 Å². The lowest BCUT2D eigenvalue weighted by Crippen LogP contribution is -2.08. The lowest BCUT2D eigenvalue weighted by molar-refractivity contribution is 0.0693. The van der Waals surface area contributed by atoms with E-state index in [0.717, 1.165) is 16.2 Å². The summed E-state index contributed by atoms with van der Waals surface area (Å²) in [6.07, 6.45) is 0. The standard InChI is InChI=1S/C12H9BrN2O3S/c1-6-14-10(16)5-11(15-6)19-9-4-7(13)2-3-8(9)12(17)18/h2-5H,1H3,(H,17,18)(H,14,15,16). The summed E-state index contributed by atoms with van der Waals surface area (Å²) in [6.45, 7) is 1.67. The Morgan fingerprint density at radius 2 is 2.16 bits per heavy atom. The molecule has 2 rings (SSSR count). The smallest absolute Gasteiger partial charge is 0.336 e. The van der Waals surface area contributed by atoms with Crippen LogP contribution >= 0.6 is 27.7 Å². The van der Waals surface area contributed by atoms with Crippen LogP contribution < -0.4 is 5.56 Å². The largest absolute Gasteiger partial charge is 0.478 e. The normalized spacial score (nSPS) is 10.4. The fourth-order valence-corrected chi connectivity index (χ4v) is 3.01. The molecule has 0 amide bonds. The quantitative estimate of drug-likeness (QED) is 0.839. The van der Waals surface area contributed by atoms with Crippen LogP contribution in [0.4, 0.5) is 0 Å². The molecular formula is C12H9BrN2O3S. The van der Waals surface area contributed by atoms with Gasteiger partial charge in [-0.15, -0.1) is 0 Å². The van der Waals surface area contributed by atoms with Crippen molar-refractivity contribution in [3.8, 4) is 0 Å². The lowest BCUT2D eigenvalue weighted by atomic mass is 10.2. The van der Waals surface area contributed by atoms with Crippen molar-refractivity contribution in [2.24, 2.45) is 0 Å². The van der Waals surface area contributed by atoms with E-state index in [9.17, 15) is 9.59 Å². The number of nitrogens with zero attached hydrogens (tertiary/aromatic N) is 1. The van der Waals surface area contributed by atoms with Crippen molar-refractivity contribution in [2.45, 2.75) is 16.8 Å². The highest BCUT2D eigenvalue weighted by Crippen LogP contribution is 2.31. The Balaban J connectivity index is 2.45. The second-order valence-corrected chi connectivity index (χ2v) is 5.69. The highest BCUT2D eigenvalue weighted by atomic mass is 79.9. The Labute approximate surface area is 121 Å². The molecule has 0 radical (unpaired) electrons. The van der Waals surface area contributed by atoms with E-state index < -0.39 is 5.97 Å². The van der Waals surface area contributed by atoms with E-state index in [4.69, 9.17) is 5.11 Å². The number of halogens is 1. The van der Waals surface area contributed by atoms with E-state index in [2.05, 4.69) is 25.9 Å². The van der Waals surface area contributed by atoms with Crippen molar-refractivity contribution in [3.05, 3.63) is 50.5 Å². The summed E-state index contributed by atoms with van der Waals surface area (Å²) in [5, 5.41) is 9.59. The molecule has 1 heterocycles. The van der Waals surface area contributed by atoms with Gasteiger partial charge in [-0.1, -0.05) is 27.7 Å². The van der Waals surface area contributed by atoms with Crippen LogP contribution in [-0.4, -0.2) is 21.0 Å². The van der Waals surface area contributed by atoms with Crippen molar-refractivity contribution in [2.75, 3.05) is 0 Å². The minimum atomic E-state index is -1.02. The number of benzene rings is 1. The molecule has 0 spiro atoms. The van der Waals surface area contributed by atoms with Gasteiger partial charge in [0.25, 0.3) is 5.56 Å². The molecule has 2 aromatic rings. The van der Waals surface area contributed by atoms with E-state index >= 15 is 0 Å². The monoisotopic (exact) mass is 340 g/mol. The fourth-order valence-electron chi connectivity index (χ4n) is 1.47. The number of aromatic amines is 1. The molecule has 0 unspecified atom stereocenters. The number of hydrogen-bond acceptors (Lipinski definition) is 4. The molecule has 7 heteroatoms. The summed E-state index contributed by atoms with van der Waals surface area (Å²) < 4.78 is 0.765. The predicted molar refractivity (Wildman–Crippen MR) is 74.8 cm³/mol. The first-order chi connectivity index (χ1) is 8.95. The van der Waals surface area contributed by atoms with Crippen molar-refractivity contribution in [3.63, 3.8) is 0 Å². The van der Waals surface area contributed by atoms with Crippen molar-refractivity contribution >= 4 is 33.7 Å². The van der Waals surface area contributed by atoms with Gasteiger partial charge in [0.2, 0.25) is 0 Å². The number of nitrogens with one attached hydrogen (secondary N) is 1. The number of aryl methyl sites for hydroxylation is 1. The van der Waals surface area contributed by atoms with Gasteiger partial charge in [0.1, 0.15) is 10.9 Å². The Kier molecular flexibility index (Phi) is 4.06. The predicted octanol–water partition coefficient (Wildman–Crippen LogP) is 2.69. The van der Waals surface area contributed by atoms with Crippen molar-refractivity contribution in [1.82, 2.24) is 9.97 Å². The average molecular weight is 341 g/mol. The van der Waals surface area contributed by atoms with E-state index in [1.807, 2.05) is 0 Å². The van der Waals surface area contributed by atoms with Gasteiger partial charge in [0.05, 0.1) is 5.56 Å². The van der Waals surface area contributed by atoms with Gasteiger partial charge in [0.15, 0.2) is 0 Å². The number of H-pyrrole nitrogens is 1. The molecule has 2 N–H and O–H groups in total. The summed E-state index contributed by atoms with van der Waals surface area (Å²) in [5.74, 6) is -0.529. The zero-order valence-corrected chi connectivity index (χ0v) is 12.2. The van der Waals surface area contributed by atoms with Crippen LogP contribution in [0.3, 0.4) is 0 Å². The number of hydrogen-bond donors (Lipinski definition) is 2. The Morgan fingerprint density at radius 1 is 1.42 bits per heavy atom. The molecule has 0 bridgehead atoms. The molecule has 98 valence electrons. The second kappa shape index (κ2) is 5.58. The molecule has 0 fully saturated rings. The van der Waals surface area contributed by atoms with Crippen LogP contribution in [0.15, 0.2) is 43.5 Å². The third-order valence-corrected chi connectivity index (χ3v) is 3.69. The first-order valence-electron chi connectivity index (χ1n) is 5.24. The third kappa shape index (κ3) is 3.45. The first-order valence-corrected chi connectivity index (χ1v) is 6.85. The van der Waals surface area contributed by atoms with Gasteiger partial charge < -0.3 is 10.1 Å². The molecule has 19 heavy (non-hydrogen) atoms. The molecule has 0 atom stereocenters. The molecule has 5 nitrogen and oxygen atoms in total. The van der Waals surface area contributed by atoms with Crippen LogP contribution in [0.1, 0.15) is 16.2 Å². The summed E-state index contributed by atoms with van der Waals surface area (Å²) in [5.41, 5.74) is -0.0881. The summed E-state index contributed by atoms with van der Waals surface area (Å²) in [7, 11) is 0. The zero-order valence-electron chi connectivity index (χ0n) is 9.81. The SMILES string of the molecule is Cc1nc(Sc2cc(Br)ccc2C(=O)O)cc(=O)[nH]1. The minimum absolute atomic E-state index is 0.174. The van der Waals surface area contributed by atoms with Gasteiger partial charge in [-0.05, 0) is 25.1 Å². The van der Waals surface area contributed by atoms with Gasteiger partial charge in [-0.3, -0.25) is 4.79 Å². The zero-order chi connectivity index (χ0) is 14.0. The van der Waals surface area contributed by atoms with E-state index in [-0.39, 0.29) is 11.1 Å². The number of carboxylic acids is 1. The van der Waals surface area contributed by atoms with Crippen LogP contribution in [0.2, 0.25) is 0 Å². The number of aromatic carboxylic acids is 1. The summed E-state index contributed by atoms with van der Waals surface area (Å²) in [6, 6.07) is 6.19. The lowest BCUT2D eigenvalue weighted by Gasteiger charge is -2.06. The Hall–Kier alpha value is -1.60. The van der Waals surface area contributed by atoms with E-state index in [1.165, 1.54) is 12.1 Å². The highest BCUT2D eigenvalue weighted by molar-refractivity contribution is 9.10. The summed E-state index contributed by atoms with van der Waals surface area (Å²) in [4.78, 5) is 29.7. The molecule has 0 saturated carbocycles. The van der Waals surface area contributed by atoms with Crippen molar-refractivity contribution in [1.29, 1.82) is 0 Å². The van der Waals surface area contributed by atoms with Gasteiger partial charge in [-0.25, -0.2) is 9.78 Å². The molecule has 0 aliphatic rings. The van der Waals surface area contributed by atoms with E-state index in [0.29, 0.717) is 15.7 Å². The molecular weight excluding hydrogens is 332 g/mol. The van der Waals surface area contributed by atoms with Crippen LogP contribution in [0.5, 0.6) is 0 Å². The topological polar surface area (TPSA) is 83.0 Å².